The van der Waals surface area contributed by atoms with Crippen molar-refractivity contribution < 1.29 is 0 Å². The molecule has 0 aliphatic rings. The summed E-state index contributed by atoms with van der Waals surface area (Å²) < 4.78 is 0. The van der Waals surface area contributed by atoms with Gasteiger partial charge < -0.3 is 5.73 Å². The van der Waals surface area contributed by atoms with Gasteiger partial charge in [-0.3, -0.25) is 4.98 Å². The maximum absolute atomic E-state index is 5.91. The van der Waals surface area contributed by atoms with Crippen LogP contribution in [0.3, 0.4) is 0 Å². The van der Waals surface area contributed by atoms with Crippen molar-refractivity contribution in [2.45, 2.75) is 84.0 Å². The van der Waals surface area contributed by atoms with Crippen molar-refractivity contribution in [1.29, 1.82) is 0 Å². The number of anilines is 1. The van der Waals surface area contributed by atoms with Crippen LogP contribution in [0.2, 0.25) is 0 Å². The summed E-state index contributed by atoms with van der Waals surface area (Å²) >= 11 is 0. The van der Waals surface area contributed by atoms with Crippen LogP contribution in [0, 0.1) is 0 Å². The number of aromatic nitrogens is 1. The second-order valence-electron chi connectivity index (χ2n) is 5.86. The van der Waals surface area contributed by atoms with E-state index in [0.717, 1.165) is 12.1 Å². The molecular weight excluding hydrogens is 244 g/mol. The standard InChI is InChI=1S/C18H32N2/c1-2-3-4-5-6-7-8-9-10-11-12-13-17-16-20-15-14-18(17)19/h14-16H,2-13H2,1H3,(H2,19,20). The summed E-state index contributed by atoms with van der Waals surface area (Å²) in [6, 6.07) is 1.90. The summed E-state index contributed by atoms with van der Waals surface area (Å²) in [6.07, 6.45) is 20.0. The number of unbranched alkanes of at least 4 members (excludes halogenated alkanes) is 10. The van der Waals surface area contributed by atoms with Crippen molar-refractivity contribution >= 4 is 5.69 Å². The number of nitrogens with two attached hydrogens (primary N) is 1. The number of pyridine rings is 1. The van der Waals surface area contributed by atoms with Crippen LogP contribution in [0.1, 0.15) is 83.1 Å². The van der Waals surface area contributed by atoms with Crippen molar-refractivity contribution in [2.24, 2.45) is 0 Å². The van der Waals surface area contributed by atoms with Crippen molar-refractivity contribution in [2.75, 3.05) is 5.73 Å². The zero-order valence-corrected chi connectivity index (χ0v) is 13.2. The van der Waals surface area contributed by atoms with Crippen LogP contribution in [-0.2, 0) is 6.42 Å². The third-order valence-electron chi connectivity index (χ3n) is 3.99. The number of aryl methyl sites for hydroxylation is 1. The maximum Gasteiger partial charge on any atom is 0.0377 e. The van der Waals surface area contributed by atoms with Crippen LogP contribution in [0.25, 0.3) is 0 Å². The molecule has 2 nitrogen and oxygen atoms in total. The van der Waals surface area contributed by atoms with E-state index in [9.17, 15) is 0 Å². The Balaban J connectivity index is 1.87. The molecule has 20 heavy (non-hydrogen) atoms. The molecular formula is C18H32N2. The van der Waals surface area contributed by atoms with Crippen LogP contribution in [-0.4, -0.2) is 4.98 Å². The highest BCUT2D eigenvalue weighted by Crippen LogP contribution is 2.15. The van der Waals surface area contributed by atoms with E-state index < -0.39 is 0 Å². The van der Waals surface area contributed by atoms with Gasteiger partial charge in [-0.2, -0.15) is 0 Å². The lowest BCUT2D eigenvalue weighted by atomic mass is 10.0. The van der Waals surface area contributed by atoms with Gasteiger partial charge in [0.1, 0.15) is 0 Å². The van der Waals surface area contributed by atoms with Crippen LogP contribution in [0.15, 0.2) is 18.5 Å². The largest absolute Gasteiger partial charge is 0.398 e. The Labute approximate surface area is 125 Å². The maximum atomic E-state index is 5.91. The monoisotopic (exact) mass is 276 g/mol. The first-order valence-electron chi connectivity index (χ1n) is 8.53. The van der Waals surface area contributed by atoms with Gasteiger partial charge in [-0.1, -0.05) is 71.1 Å². The van der Waals surface area contributed by atoms with Crippen LogP contribution >= 0.6 is 0 Å². The first-order chi connectivity index (χ1) is 9.84. The quantitative estimate of drug-likeness (QED) is 0.511. The summed E-state index contributed by atoms with van der Waals surface area (Å²) in [6.45, 7) is 2.28. The summed E-state index contributed by atoms with van der Waals surface area (Å²) in [5.74, 6) is 0. The molecule has 0 saturated heterocycles. The first kappa shape index (κ1) is 17.0. The van der Waals surface area contributed by atoms with Crippen molar-refractivity contribution in [3.63, 3.8) is 0 Å². The zero-order valence-electron chi connectivity index (χ0n) is 13.2. The highest BCUT2D eigenvalue weighted by molar-refractivity contribution is 5.44. The van der Waals surface area contributed by atoms with Crippen LogP contribution in [0.4, 0.5) is 5.69 Å². The van der Waals surface area contributed by atoms with Gasteiger partial charge in [0.2, 0.25) is 0 Å². The Kier molecular flexibility index (Phi) is 9.99. The Hall–Kier alpha value is -1.05. The van der Waals surface area contributed by atoms with E-state index in [4.69, 9.17) is 5.73 Å². The Bertz CT molecular complexity index is 336. The van der Waals surface area contributed by atoms with Gasteiger partial charge >= 0.3 is 0 Å². The molecule has 2 heteroatoms. The lowest BCUT2D eigenvalue weighted by Crippen LogP contribution is -1.95. The van der Waals surface area contributed by atoms with Crippen molar-refractivity contribution in [3.8, 4) is 0 Å². The highest BCUT2D eigenvalue weighted by Gasteiger charge is 1.98. The summed E-state index contributed by atoms with van der Waals surface area (Å²) in [5.41, 5.74) is 8.02. The molecule has 1 heterocycles. The van der Waals surface area contributed by atoms with Gasteiger partial charge in [-0.05, 0) is 24.5 Å². The molecule has 2 N–H and O–H groups in total. The Morgan fingerprint density at radius 2 is 1.40 bits per heavy atom. The van der Waals surface area contributed by atoms with E-state index >= 15 is 0 Å². The average molecular weight is 276 g/mol. The molecule has 0 amide bonds. The minimum atomic E-state index is 0.895. The van der Waals surface area contributed by atoms with Crippen molar-refractivity contribution in [3.05, 3.63) is 24.0 Å². The minimum Gasteiger partial charge on any atom is -0.398 e. The smallest absolute Gasteiger partial charge is 0.0377 e. The molecule has 0 saturated carbocycles. The Morgan fingerprint density at radius 1 is 0.850 bits per heavy atom. The molecule has 0 atom stereocenters. The molecule has 0 unspecified atom stereocenters. The van der Waals surface area contributed by atoms with E-state index in [1.807, 2.05) is 12.3 Å². The third kappa shape index (κ3) is 8.19. The number of rotatable bonds is 12. The van der Waals surface area contributed by atoms with E-state index in [1.54, 1.807) is 6.20 Å². The molecule has 1 rings (SSSR count). The fourth-order valence-electron chi connectivity index (χ4n) is 2.63. The first-order valence-corrected chi connectivity index (χ1v) is 8.53. The third-order valence-corrected chi connectivity index (χ3v) is 3.99. The topological polar surface area (TPSA) is 38.9 Å². The molecule has 0 aliphatic heterocycles. The van der Waals surface area contributed by atoms with Gasteiger partial charge in [-0.25, -0.2) is 0 Å². The van der Waals surface area contributed by atoms with E-state index in [-0.39, 0.29) is 0 Å². The number of nitrogens with zero attached hydrogens (tertiary/aromatic N) is 1. The number of nitrogen functional groups attached to an aromatic ring is 1. The van der Waals surface area contributed by atoms with E-state index in [2.05, 4.69) is 11.9 Å². The molecule has 0 radical (unpaired) electrons. The van der Waals surface area contributed by atoms with Gasteiger partial charge in [-0.15, -0.1) is 0 Å². The zero-order chi connectivity index (χ0) is 14.5. The summed E-state index contributed by atoms with van der Waals surface area (Å²) in [7, 11) is 0. The van der Waals surface area contributed by atoms with Gasteiger partial charge in [0.15, 0.2) is 0 Å². The number of hydrogen-bond donors (Lipinski definition) is 1. The van der Waals surface area contributed by atoms with E-state index in [0.29, 0.717) is 0 Å². The highest BCUT2D eigenvalue weighted by atomic mass is 14.7. The second kappa shape index (κ2) is 11.7. The van der Waals surface area contributed by atoms with Gasteiger partial charge in [0.05, 0.1) is 0 Å². The lowest BCUT2D eigenvalue weighted by molar-refractivity contribution is 0.549. The fraction of sp³-hybridized carbons (Fsp3) is 0.722. The van der Waals surface area contributed by atoms with Crippen LogP contribution < -0.4 is 5.73 Å². The molecule has 114 valence electrons. The predicted molar refractivity (Wildman–Crippen MR) is 88.8 cm³/mol. The molecule has 0 bridgehead atoms. The molecule has 0 aromatic carbocycles. The van der Waals surface area contributed by atoms with Crippen molar-refractivity contribution in [1.82, 2.24) is 4.98 Å². The van der Waals surface area contributed by atoms with E-state index in [1.165, 1.54) is 76.2 Å². The molecule has 1 aromatic rings. The molecule has 1 aromatic heterocycles. The minimum absolute atomic E-state index is 0.895. The average Bonchev–Trinajstić information content (AvgIpc) is 2.46. The summed E-state index contributed by atoms with van der Waals surface area (Å²) in [4.78, 5) is 4.14. The fourth-order valence-corrected chi connectivity index (χ4v) is 2.63. The second-order valence-corrected chi connectivity index (χ2v) is 5.86. The summed E-state index contributed by atoms with van der Waals surface area (Å²) in [5, 5.41) is 0. The van der Waals surface area contributed by atoms with Gasteiger partial charge in [0.25, 0.3) is 0 Å². The molecule has 0 spiro atoms. The molecule has 0 fully saturated rings. The SMILES string of the molecule is CCCCCCCCCCCCCc1cnccc1N. The van der Waals surface area contributed by atoms with Gasteiger partial charge in [0, 0.05) is 18.1 Å². The molecule has 0 aliphatic carbocycles. The predicted octanol–water partition coefficient (Wildman–Crippen LogP) is 5.52. The normalized spacial score (nSPS) is 10.8. The number of hydrogen-bond acceptors (Lipinski definition) is 2. The lowest BCUT2D eigenvalue weighted by Gasteiger charge is -2.05. The van der Waals surface area contributed by atoms with Crippen LogP contribution in [0.5, 0.6) is 0 Å². The Morgan fingerprint density at radius 3 is 1.95 bits per heavy atom.